The number of hydrogen-bond donors (Lipinski definition) is 0. The summed E-state index contributed by atoms with van der Waals surface area (Å²) in [5, 5.41) is 13.8. The van der Waals surface area contributed by atoms with Crippen molar-refractivity contribution < 1.29 is 0 Å². The summed E-state index contributed by atoms with van der Waals surface area (Å²) in [6.45, 7) is 9.00. The molecule has 0 atom stereocenters. The molecule has 0 saturated carbocycles. The van der Waals surface area contributed by atoms with Crippen LogP contribution in [0.1, 0.15) is 61.7 Å². The maximum absolute atomic E-state index is 13.4. The van der Waals surface area contributed by atoms with Gasteiger partial charge in [0.25, 0.3) is 0 Å². The molecule has 7 rings (SSSR count). The van der Waals surface area contributed by atoms with Crippen molar-refractivity contribution in [1.29, 1.82) is 0 Å². The van der Waals surface area contributed by atoms with E-state index in [1.54, 1.807) is 0 Å². The Morgan fingerprint density at radius 2 is 1.16 bits per heavy atom. The second-order valence-corrected chi connectivity index (χ2v) is 13.6. The summed E-state index contributed by atoms with van der Waals surface area (Å²) in [6.07, 6.45) is 2.88. The lowest BCUT2D eigenvalue weighted by Crippen LogP contribution is -2.39. The van der Waals surface area contributed by atoms with Crippen LogP contribution in [0.25, 0.3) is 22.5 Å². The zero-order chi connectivity index (χ0) is 34.7. The SMILES string of the molecule is CC(C)Cc1cn(C(C)C)c(=O)n1Cc1ccc(-c2ccccc2-c2nnnn2C(c2ccccc2)(c2ccccc2)c2ccccc2)cc1. The van der Waals surface area contributed by atoms with E-state index < -0.39 is 5.54 Å². The van der Waals surface area contributed by atoms with Crippen LogP contribution >= 0.6 is 0 Å². The van der Waals surface area contributed by atoms with E-state index in [-0.39, 0.29) is 11.7 Å². The highest BCUT2D eigenvalue weighted by Crippen LogP contribution is 2.43. The summed E-state index contributed by atoms with van der Waals surface area (Å²) in [7, 11) is 0. The Morgan fingerprint density at radius 3 is 1.68 bits per heavy atom. The fourth-order valence-corrected chi connectivity index (χ4v) is 7.06. The van der Waals surface area contributed by atoms with E-state index in [1.165, 1.54) is 0 Å². The van der Waals surface area contributed by atoms with Crippen LogP contribution in [-0.2, 0) is 18.5 Å². The standard InChI is InChI=1S/C43H42N6O/c1-31(2)28-38-30-47(32(3)4)42(50)48(38)29-33-24-26-34(27-25-33)39-22-14-15-23-40(39)41-44-45-46-49(41)43(35-16-8-5-9-17-35,36-18-10-6-11-19-36)37-20-12-7-13-21-37/h5-27,30-32H,28-29H2,1-4H3. The number of rotatable bonds is 11. The number of nitrogens with zero attached hydrogens (tertiary/aromatic N) is 6. The minimum absolute atomic E-state index is 0.0376. The molecule has 5 aromatic carbocycles. The van der Waals surface area contributed by atoms with Crippen LogP contribution in [0.5, 0.6) is 0 Å². The van der Waals surface area contributed by atoms with Crippen LogP contribution < -0.4 is 5.69 Å². The number of imidazole rings is 1. The van der Waals surface area contributed by atoms with Crippen LogP contribution in [0.4, 0.5) is 0 Å². The lowest BCUT2D eigenvalue weighted by atomic mass is 9.77. The van der Waals surface area contributed by atoms with E-state index >= 15 is 0 Å². The molecule has 0 fully saturated rings. The van der Waals surface area contributed by atoms with Gasteiger partial charge in [0.05, 0.1) is 6.54 Å². The van der Waals surface area contributed by atoms with E-state index in [1.807, 2.05) is 50.3 Å². The average Bonchev–Trinajstić information content (AvgIpc) is 3.75. The van der Waals surface area contributed by atoms with Crippen LogP contribution in [0.3, 0.4) is 0 Å². The van der Waals surface area contributed by atoms with Gasteiger partial charge in [-0.05, 0) is 70.0 Å². The van der Waals surface area contributed by atoms with Crippen molar-refractivity contribution in [2.45, 2.75) is 52.2 Å². The molecule has 0 N–H and O–H groups in total. The van der Waals surface area contributed by atoms with Gasteiger partial charge < -0.3 is 0 Å². The van der Waals surface area contributed by atoms with Gasteiger partial charge in [-0.2, -0.15) is 0 Å². The van der Waals surface area contributed by atoms with E-state index in [9.17, 15) is 4.79 Å². The molecule has 50 heavy (non-hydrogen) atoms. The fourth-order valence-electron chi connectivity index (χ4n) is 7.06. The second-order valence-electron chi connectivity index (χ2n) is 13.6. The summed E-state index contributed by atoms with van der Waals surface area (Å²) >= 11 is 0. The van der Waals surface area contributed by atoms with Crippen molar-refractivity contribution in [3.63, 3.8) is 0 Å². The normalized spacial score (nSPS) is 11.8. The van der Waals surface area contributed by atoms with Gasteiger partial charge in [0.15, 0.2) is 5.82 Å². The molecule has 2 aromatic heterocycles. The highest BCUT2D eigenvalue weighted by atomic mass is 16.1. The van der Waals surface area contributed by atoms with Gasteiger partial charge in [-0.3, -0.25) is 9.13 Å². The first-order valence-corrected chi connectivity index (χ1v) is 17.3. The molecular weight excluding hydrogens is 617 g/mol. The van der Waals surface area contributed by atoms with Crippen molar-refractivity contribution in [3.8, 4) is 22.5 Å². The van der Waals surface area contributed by atoms with Crippen molar-refractivity contribution in [2.75, 3.05) is 0 Å². The summed E-state index contributed by atoms with van der Waals surface area (Å²) in [5.74, 6) is 1.10. The maximum Gasteiger partial charge on any atom is 0.328 e. The number of tetrazole rings is 1. The molecule has 0 bridgehead atoms. The molecule has 0 amide bonds. The van der Waals surface area contributed by atoms with Gasteiger partial charge in [0, 0.05) is 23.5 Å². The molecule has 0 unspecified atom stereocenters. The highest BCUT2D eigenvalue weighted by molar-refractivity contribution is 5.81. The smallest absolute Gasteiger partial charge is 0.296 e. The Kier molecular flexibility index (Phi) is 9.13. The molecule has 0 radical (unpaired) electrons. The third-order valence-corrected chi connectivity index (χ3v) is 9.40. The second kappa shape index (κ2) is 14.0. The summed E-state index contributed by atoms with van der Waals surface area (Å²) < 4.78 is 5.74. The maximum atomic E-state index is 13.4. The molecule has 0 spiro atoms. The first-order valence-electron chi connectivity index (χ1n) is 17.3. The van der Waals surface area contributed by atoms with E-state index in [0.29, 0.717) is 18.3 Å². The largest absolute Gasteiger partial charge is 0.328 e. The first kappa shape index (κ1) is 32.7. The summed E-state index contributed by atoms with van der Waals surface area (Å²) in [6, 6.07) is 48.2. The first-order chi connectivity index (χ1) is 24.4. The Balaban J connectivity index is 1.34. The zero-order valence-electron chi connectivity index (χ0n) is 29.0. The summed E-state index contributed by atoms with van der Waals surface area (Å²) in [4.78, 5) is 13.4. The van der Waals surface area contributed by atoms with Gasteiger partial charge in [0.1, 0.15) is 5.54 Å². The predicted molar refractivity (Wildman–Crippen MR) is 200 cm³/mol. The number of aromatic nitrogens is 6. The van der Waals surface area contributed by atoms with Gasteiger partial charge in [-0.15, -0.1) is 5.10 Å². The van der Waals surface area contributed by atoms with Crippen molar-refractivity contribution in [1.82, 2.24) is 29.3 Å². The lowest BCUT2D eigenvalue weighted by molar-refractivity contribution is 0.451. The Hall–Kier alpha value is -5.82. The Bertz CT molecular complexity index is 2130. The van der Waals surface area contributed by atoms with Crippen LogP contribution in [0.2, 0.25) is 0 Å². The molecule has 7 nitrogen and oxygen atoms in total. The van der Waals surface area contributed by atoms with Crippen molar-refractivity contribution in [2.24, 2.45) is 5.92 Å². The number of hydrogen-bond acceptors (Lipinski definition) is 4. The zero-order valence-corrected chi connectivity index (χ0v) is 29.0. The average molecular weight is 659 g/mol. The van der Waals surface area contributed by atoms with Crippen LogP contribution in [-0.4, -0.2) is 29.3 Å². The quantitative estimate of drug-likeness (QED) is 0.131. The van der Waals surface area contributed by atoms with Crippen LogP contribution in [0.15, 0.2) is 151 Å². The molecule has 0 aliphatic carbocycles. The summed E-state index contributed by atoms with van der Waals surface area (Å²) in [5.41, 5.74) is 7.44. The third-order valence-electron chi connectivity index (χ3n) is 9.40. The molecular formula is C43H42N6O. The highest BCUT2D eigenvalue weighted by Gasteiger charge is 2.42. The van der Waals surface area contributed by atoms with Gasteiger partial charge in [-0.1, -0.05) is 153 Å². The third kappa shape index (κ3) is 6.00. The van der Waals surface area contributed by atoms with Gasteiger partial charge >= 0.3 is 5.69 Å². The predicted octanol–water partition coefficient (Wildman–Crippen LogP) is 8.64. The molecule has 250 valence electrons. The van der Waals surface area contributed by atoms with E-state index in [4.69, 9.17) is 10.3 Å². The molecule has 2 heterocycles. The topological polar surface area (TPSA) is 70.5 Å². The minimum atomic E-state index is -0.854. The lowest BCUT2D eigenvalue weighted by Gasteiger charge is -2.36. The molecule has 0 aliphatic rings. The molecule has 0 saturated heterocycles. The Morgan fingerprint density at radius 1 is 0.640 bits per heavy atom. The van der Waals surface area contributed by atoms with E-state index in [2.05, 4.69) is 142 Å². The van der Waals surface area contributed by atoms with E-state index in [0.717, 1.165) is 51.1 Å². The fraction of sp³-hybridized carbons (Fsp3) is 0.209. The van der Waals surface area contributed by atoms with Crippen LogP contribution in [0, 0.1) is 5.92 Å². The molecule has 7 heteroatoms. The Labute approximate surface area is 293 Å². The number of benzene rings is 5. The molecule has 0 aliphatic heterocycles. The van der Waals surface area contributed by atoms with Gasteiger partial charge in [-0.25, -0.2) is 9.48 Å². The molecule has 7 aromatic rings. The van der Waals surface area contributed by atoms with Crippen molar-refractivity contribution in [3.05, 3.63) is 184 Å². The monoisotopic (exact) mass is 658 g/mol. The minimum Gasteiger partial charge on any atom is -0.296 e. The van der Waals surface area contributed by atoms with Gasteiger partial charge in [0.2, 0.25) is 0 Å². The van der Waals surface area contributed by atoms with Crippen molar-refractivity contribution >= 4 is 0 Å².